The summed E-state index contributed by atoms with van der Waals surface area (Å²) in [6, 6.07) is 5.63. The van der Waals surface area contributed by atoms with Crippen molar-refractivity contribution in [2.75, 3.05) is 26.2 Å². The van der Waals surface area contributed by atoms with Crippen molar-refractivity contribution in [1.82, 2.24) is 14.8 Å². The smallest absolute Gasteiger partial charge is 0.0322 e. The molecule has 2 aliphatic heterocycles. The molecule has 0 aromatic carbocycles. The lowest BCUT2D eigenvalue weighted by Crippen LogP contribution is -2.50. The molecule has 92 valence electrons. The van der Waals surface area contributed by atoms with Gasteiger partial charge in [0.2, 0.25) is 0 Å². The monoisotopic (exact) mass is 231 g/mol. The highest BCUT2D eigenvalue weighted by atomic mass is 15.3. The number of pyridine rings is 1. The van der Waals surface area contributed by atoms with Crippen LogP contribution in [0.1, 0.15) is 31.4 Å². The van der Waals surface area contributed by atoms with Gasteiger partial charge in [-0.3, -0.25) is 14.8 Å². The predicted molar refractivity (Wildman–Crippen MR) is 68.8 cm³/mol. The Bertz CT molecular complexity index is 365. The fourth-order valence-electron chi connectivity index (χ4n) is 3.22. The van der Waals surface area contributed by atoms with Gasteiger partial charge in [-0.2, -0.15) is 0 Å². The van der Waals surface area contributed by atoms with Crippen molar-refractivity contribution in [2.45, 2.75) is 31.8 Å². The van der Waals surface area contributed by atoms with Crippen molar-refractivity contribution in [3.05, 3.63) is 30.1 Å². The Morgan fingerprint density at radius 1 is 1.24 bits per heavy atom. The van der Waals surface area contributed by atoms with Gasteiger partial charge in [-0.05, 0) is 44.0 Å². The van der Waals surface area contributed by atoms with E-state index in [0.29, 0.717) is 6.04 Å². The molecule has 0 saturated carbocycles. The van der Waals surface area contributed by atoms with Crippen molar-refractivity contribution < 1.29 is 0 Å². The van der Waals surface area contributed by atoms with Crippen molar-refractivity contribution in [1.29, 1.82) is 0 Å². The summed E-state index contributed by atoms with van der Waals surface area (Å²) in [6.07, 6.45) is 6.58. The highest BCUT2D eigenvalue weighted by molar-refractivity contribution is 5.14. The average Bonchev–Trinajstić information content (AvgIpc) is 2.86. The number of rotatable bonds is 2. The zero-order valence-electron chi connectivity index (χ0n) is 10.5. The Labute approximate surface area is 103 Å². The van der Waals surface area contributed by atoms with Crippen molar-refractivity contribution in [3.63, 3.8) is 0 Å². The molecule has 2 unspecified atom stereocenters. The molecular formula is C14H21N3. The Morgan fingerprint density at radius 3 is 2.88 bits per heavy atom. The van der Waals surface area contributed by atoms with Crippen molar-refractivity contribution in [3.8, 4) is 0 Å². The SMILES string of the molecule is CC(c1ccncc1)N1CCN2CCCC2C1. The second-order valence-corrected chi connectivity index (χ2v) is 5.28. The minimum atomic E-state index is 0.528. The fourth-order valence-corrected chi connectivity index (χ4v) is 3.22. The van der Waals surface area contributed by atoms with Gasteiger partial charge in [0.05, 0.1) is 0 Å². The second-order valence-electron chi connectivity index (χ2n) is 5.28. The van der Waals surface area contributed by atoms with E-state index in [2.05, 4.69) is 33.8 Å². The Balaban J connectivity index is 1.69. The molecule has 3 heteroatoms. The number of fused-ring (bicyclic) bond motifs is 1. The van der Waals surface area contributed by atoms with E-state index in [-0.39, 0.29) is 0 Å². The number of piperazine rings is 1. The quantitative estimate of drug-likeness (QED) is 0.775. The normalized spacial score (nSPS) is 27.9. The molecule has 2 aliphatic rings. The Kier molecular flexibility index (Phi) is 3.12. The largest absolute Gasteiger partial charge is 0.298 e. The lowest BCUT2D eigenvalue weighted by atomic mass is 10.1. The van der Waals surface area contributed by atoms with Crippen LogP contribution in [-0.4, -0.2) is 47.0 Å². The summed E-state index contributed by atoms with van der Waals surface area (Å²) < 4.78 is 0. The van der Waals surface area contributed by atoms with Gasteiger partial charge in [0.1, 0.15) is 0 Å². The number of hydrogen-bond acceptors (Lipinski definition) is 3. The summed E-state index contributed by atoms with van der Waals surface area (Å²) in [6.45, 7) is 7.34. The molecular weight excluding hydrogens is 210 g/mol. The van der Waals surface area contributed by atoms with E-state index in [1.54, 1.807) is 0 Å². The minimum Gasteiger partial charge on any atom is -0.298 e. The van der Waals surface area contributed by atoms with Gasteiger partial charge in [0.25, 0.3) is 0 Å². The molecule has 3 nitrogen and oxygen atoms in total. The third-order valence-corrected chi connectivity index (χ3v) is 4.35. The molecule has 0 spiro atoms. The molecule has 0 aliphatic carbocycles. The lowest BCUT2D eigenvalue weighted by molar-refractivity contribution is 0.0770. The van der Waals surface area contributed by atoms with E-state index in [0.717, 1.165) is 6.04 Å². The van der Waals surface area contributed by atoms with Gasteiger partial charge in [-0.25, -0.2) is 0 Å². The van der Waals surface area contributed by atoms with Crippen molar-refractivity contribution >= 4 is 0 Å². The Hall–Kier alpha value is -0.930. The van der Waals surface area contributed by atoms with Crippen LogP contribution in [0.5, 0.6) is 0 Å². The van der Waals surface area contributed by atoms with E-state index in [1.807, 2.05) is 12.4 Å². The Morgan fingerprint density at radius 2 is 2.06 bits per heavy atom. The van der Waals surface area contributed by atoms with Crippen LogP contribution in [0.3, 0.4) is 0 Å². The molecule has 2 atom stereocenters. The van der Waals surface area contributed by atoms with Crippen LogP contribution in [0.15, 0.2) is 24.5 Å². The third-order valence-electron chi connectivity index (χ3n) is 4.35. The number of hydrogen-bond donors (Lipinski definition) is 0. The summed E-state index contributed by atoms with van der Waals surface area (Å²) in [4.78, 5) is 9.39. The summed E-state index contributed by atoms with van der Waals surface area (Å²) in [5.41, 5.74) is 1.39. The van der Waals surface area contributed by atoms with Gasteiger partial charge >= 0.3 is 0 Å². The highest BCUT2D eigenvalue weighted by Crippen LogP contribution is 2.27. The summed E-state index contributed by atoms with van der Waals surface area (Å²) in [7, 11) is 0. The molecule has 1 aromatic rings. The predicted octanol–water partition coefficient (Wildman–Crippen LogP) is 1.92. The van der Waals surface area contributed by atoms with Crippen LogP contribution < -0.4 is 0 Å². The first-order chi connectivity index (χ1) is 8.34. The molecule has 0 amide bonds. The molecule has 2 fully saturated rings. The number of aromatic nitrogens is 1. The minimum absolute atomic E-state index is 0.528. The maximum absolute atomic E-state index is 4.10. The van der Waals surface area contributed by atoms with E-state index in [9.17, 15) is 0 Å². The summed E-state index contributed by atoms with van der Waals surface area (Å²) >= 11 is 0. The molecule has 3 rings (SSSR count). The maximum atomic E-state index is 4.10. The molecule has 1 aromatic heterocycles. The highest BCUT2D eigenvalue weighted by Gasteiger charge is 2.32. The standard InChI is InChI=1S/C14H21N3/c1-12(13-4-6-15-7-5-13)17-10-9-16-8-2-3-14(16)11-17/h4-7,12,14H,2-3,8-11H2,1H3. The third kappa shape index (κ3) is 2.22. The molecule has 3 heterocycles. The van der Waals surface area contributed by atoms with Crippen LogP contribution in [0.4, 0.5) is 0 Å². The van der Waals surface area contributed by atoms with Gasteiger partial charge in [-0.15, -0.1) is 0 Å². The van der Waals surface area contributed by atoms with Crippen LogP contribution >= 0.6 is 0 Å². The van der Waals surface area contributed by atoms with E-state index in [4.69, 9.17) is 0 Å². The lowest BCUT2D eigenvalue weighted by Gasteiger charge is -2.40. The zero-order valence-corrected chi connectivity index (χ0v) is 10.5. The fraction of sp³-hybridized carbons (Fsp3) is 0.643. The van der Waals surface area contributed by atoms with Gasteiger partial charge in [-0.1, -0.05) is 0 Å². The van der Waals surface area contributed by atoms with Crippen molar-refractivity contribution in [2.24, 2.45) is 0 Å². The van der Waals surface area contributed by atoms with Crippen LogP contribution in [0, 0.1) is 0 Å². The average molecular weight is 231 g/mol. The first-order valence-electron chi connectivity index (χ1n) is 6.72. The van der Waals surface area contributed by atoms with E-state index < -0.39 is 0 Å². The first kappa shape index (κ1) is 11.2. The van der Waals surface area contributed by atoms with Crippen LogP contribution in [0.25, 0.3) is 0 Å². The van der Waals surface area contributed by atoms with Gasteiger partial charge in [0, 0.05) is 44.1 Å². The van der Waals surface area contributed by atoms with Gasteiger partial charge in [0.15, 0.2) is 0 Å². The van der Waals surface area contributed by atoms with E-state index in [1.165, 1.54) is 44.6 Å². The van der Waals surface area contributed by atoms with Crippen LogP contribution in [0.2, 0.25) is 0 Å². The molecule has 0 N–H and O–H groups in total. The summed E-state index contributed by atoms with van der Waals surface area (Å²) in [5, 5.41) is 0. The first-order valence-corrected chi connectivity index (χ1v) is 6.72. The topological polar surface area (TPSA) is 19.4 Å². The van der Waals surface area contributed by atoms with E-state index >= 15 is 0 Å². The zero-order chi connectivity index (χ0) is 11.7. The van der Waals surface area contributed by atoms with Gasteiger partial charge < -0.3 is 0 Å². The molecule has 0 bridgehead atoms. The molecule has 0 radical (unpaired) electrons. The summed E-state index contributed by atoms with van der Waals surface area (Å²) in [5.74, 6) is 0. The number of nitrogens with zero attached hydrogens (tertiary/aromatic N) is 3. The second kappa shape index (κ2) is 4.75. The van der Waals surface area contributed by atoms with Crippen LogP contribution in [-0.2, 0) is 0 Å². The maximum Gasteiger partial charge on any atom is 0.0322 e. The molecule has 17 heavy (non-hydrogen) atoms. The molecule has 2 saturated heterocycles.